The van der Waals surface area contributed by atoms with E-state index in [4.69, 9.17) is 4.74 Å². The highest BCUT2D eigenvalue weighted by molar-refractivity contribution is 5.91. The fourth-order valence-corrected chi connectivity index (χ4v) is 4.41. The molecule has 0 aliphatic carbocycles. The van der Waals surface area contributed by atoms with Gasteiger partial charge in [-0.3, -0.25) is 19.3 Å². The molecule has 0 saturated heterocycles. The van der Waals surface area contributed by atoms with Crippen molar-refractivity contribution in [2.24, 2.45) is 5.92 Å². The number of rotatable bonds is 14. The fraction of sp³-hybridized carbons (Fsp3) is 0.576. The standard InChI is InChI=1S/C33H52N4O5/c1-11-17-26(13-3)20-28(23(4)12-2)37(22-29(38)35-24(5)27-18-15-14-16-19-27)30(39)21-34-31(40)25(6)36(10)32(41)42-33(7,8)9/h11-12,14-19,24-26,28H,13,20-22H2,1-10H3,(H,34,40)(H,35,38)/b17-11-,23-12-. The van der Waals surface area contributed by atoms with Gasteiger partial charge in [0.05, 0.1) is 18.6 Å². The van der Waals surface area contributed by atoms with Crippen molar-refractivity contribution in [2.45, 2.75) is 98.9 Å². The Morgan fingerprint density at radius 1 is 1.05 bits per heavy atom. The summed E-state index contributed by atoms with van der Waals surface area (Å²) in [6.07, 6.45) is 6.94. The Kier molecular flexibility index (Phi) is 15.0. The summed E-state index contributed by atoms with van der Waals surface area (Å²) >= 11 is 0. The van der Waals surface area contributed by atoms with Crippen molar-refractivity contribution in [2.75, 3.05) is 20.1 Å². The van der Waals surface area contributed by atoms with E-state index < -0.39 is 23.6 Å². The Hall–Kier alpha value is -3.62. The van der Waals surface area contributed by atoms with Crippen molar-refractivity contribution in [3.8, 4) is 0 Å². The van der Waals surface area contributed by atoms with Crippen LogP contribution in [0.3, 0.4) is 0 Å². The number of carbonyl (C=O) groups is 4. The lowest BCUT2D eigenvalue weighted by Crippen LogP contribution is -2.53. The monoisotopic (exact) mass is 584 g/mol. The van der Waals surface area contributed by atoms with E-state index in [0.717, 1.165) is 17.6 Å². The van der Waals surface area contributed by atoms with Crippen molar-refractivity contribution < 1.29 is 23.9 Å². The van der Waals surface area contributed by atoms with Gasteiger partial charge in [0.1, 0.15) is 18.2 Å². The Balaban J connectivity index is 3.17. The highest BCUT2D eigenvalue weighted by Gasteiger charge is 2.31. The summed E-state index contributed by atoms with van der Waals surface area (Å²) in [6.45, 7) is 16.1. The number of nitrogens with zero attached hydrogens (tertiary/aromatic N) is 2. The van der Waals surface area contributed by atoms with E-state index >= 15 is 0 Å². The average Bonchev–Trinajstić information content (AvgIpc) is 2.95. The first-order valence-corrected chi connectivity index (χ1v) is 14.8. The lowest BCUT2D eigenvalue weighted by Gasteiger charge is -2.35. The number of hydrogen-bond donors (Lipinski definition) is 2. The van der Waals surface area contributed by atoms with E-state index in [1.165, 1.54) is 11.9 Å². The third kappa shape index (κ3) is 12.1. The first-order chi connectivity index (χ1) is 19.6. The first kappa shape index (κ1) is 36.4. The van der Waals surface area contributed by atoms with Crippen LogP contribution in [-0.2, 0) is 19.1 Å². The van der Waals surface area contributed by atoms with Crippen LogP contribution in [-0.4, -0.2) is 71.4 Å². The zero-order valence-corrected chi connectivity index (χ0v) is 27.2. The van der Waals surface area contributed by atoms with Crippen LogP contribution >= 0.6 is 0 Å². The van der Waals surface area contributed by atoms with Gasteiger partial charge in [-0.25, -0.2) is 4.79 Å². The molecule has 9 heteroatoms. The van der Waals surface area contributed by atoms with Crippen LogP contribution in [0.1, 0.15) is 86.8 Å². The third-order valence-electron chi connectivity index (χ3n) is 7.24. The first-order valence-electron chi connectivity index (χ1n) is 14.8. The Morgan fingerprint density at radius 2 is 1.67 bits per heavy atom. The smallest absolute Gasteiger partial charge is 0.410 e. The van der Waals surface area contributed by atoms with E-state index in [1.807, 2.05) is 70.2 Å². The molecule has 42 heavy (non-hydrogen) atoms. The topological polar surface area (TPSA) is 108 Å². The Morgan fingerprint density at radius 3 is 2.19 bits per heavy atom. The lowest BCUT2D eigenvalue weighted by molar-refractivity contribution is -0.139. The molecule has 234 valence electrons. The van der Waals surface area contributed by atoms with E-state index in [0.29, 0.717) is 6.42 Å². The molecule has 0 spiro atoms. The normalized spacial score (nSPS) is 14.9. The molecule has 0 aromatic heterocycles. The van der Waals surface area contributed by atoms with E-state index in [2.05, 4.69) is 23.6 Å². The van der Waals surface area contributed by atoms with Gasteiger partial charge in [0.25, 0.3) is 0 Å². The Labute approximate surface area is 252 Å². The molecule has 0 bridgehead atoms. The van der Waals surface area contributed by atoms with Gasteiger partial charge in [0.2, 0.25) is 17.7 Å². The van der Waals surface area contributed by atoms with Crippen molar-refractivity contribution in [3.05, 3.63) is 59.7 Å². The summed E-state index contributed by atoms with van der Waals surface area (Å²) in [6, 6.07) is 8.15. The molecule has 4 unspecified atom stereocenters. The number of likely N-dealkylation sites (N-methyl/N-ethyl adjacent to an activating group) is 1. The predicted octanol–water partition coefficient (Wildman–Crippen LogP) is 5.39. The zero-order valence-electron chi connectivity index (χ0n) is 27.2. The van der Waals surface area contributed by atoms with Crippen molar-refractivity contribution in [3.63, 3.8) is 0 Å². The molecule has 0 heterocycles. The molecule has 1 aromatic carbocycles. The molecule has 0 radical (unpaired) electrons. The van der Waals surface area contributed by atoms with Gasteiger partial charge >= 0.3 is 6.09 Å². The minimum atomic E-state index is -0.872. The summed E-state index contributed by atoms with van der Waals surface area (Å²) in [4.78, 5) is 55.1. The van der Waals surface area contributed by atoms with Gasteiger partial charge < -0.3 is 20.3 Å². The number of carbonyl (C=O) groups excluding carboxylic acids is 4. The van der Waals surface area contributed by atoms with Crippen LogP contribution < -0.4 is 10.6 Å². The maximum absolute atomic E-state index is 13.7. The van der Waals surface area contributed by atoms with Crippen molar-refractivity contribution in [1.82, 2.24) is 20.4 Å². The van der Waals surface area contributed by atoms with Crippen molar-refractivity contribution >= 4 is 23.8 Å². The van der Waals surface area contributed by atoms with Gasteiger partial charge in [-0.2, -0.15) is 0 Å². The summed E-state index contributed by atoms with van der Waals surface area (Å²) in [7, 11) is 1.47. The van der Waals surface area contributed by atoms with Crippen LogP contribution in [0, 0.1) is 5.92 Å². The highest BCUT2D eigenvalue weighted by Crippen LogP contribution is 2.23. The molecule has 0 aliphatic rings. The molecule has 0 saturated carbocycles. The van der Waals surface area contributed by atoms with E-state index in [1.54, 1.807) is 32.6 Å². The van der Waals surface area contributed by atoms with Crippen LogP contribution in [0.4, 0.5) is 4.79 Å². The molecule has 4 atom stereocenters. The SMILES string of the molecule is C/C=C\C(CC)CC(/C(C)=C\C)N(CC(=O)NC(C)c1ccccc1)C(=O)CNC(=O)C(C)N(C)C(=O)OC(C)(C)C. The summed E-state index contributed by atoms with van der Waals surface area (Å²) in [5.41, 5.74) is 1.21. The number of amides is 4. The van der Waals surface area contributed by atoms with Gasteiger partial charge in [-0.05, 0) is 79.7 Å². The van der Waals surface area contributed by atoms with Crippen LogP contribution in [0.2, 0.25) is 0 Å². The largest absolute Gasteiger partial charge is 0.444 e. The second-order valence-corrected chi connectivity index (χ2v) is 11.7. The van der Waals surface area contributed by atoms with E-state index in [9.17, 15) is 19.2 Å². The minimum absolute atomic E-state index is 0.165. The van der Waals surface area contributed by atoms with Gasteiger partial charge in [0.15, 0.2) is 0 Å². The third-order valence-corrected chi connectivity index (χ3v) is 7.24. The number of ether oxygens (including phenoxy) is 1. The lowest BCUT2D eigenvalue weighted by atomic mass is 9.91. The maximum atomic E-state index is 13.7. The quantitative estimate of drug-likeness (QED) is 0.285. The minimum Gasteiger partial charge on any atom is -0.444 e. The summed E-state index contributed by atoms with van der Waals surface area (Å²) in [5.74, 6) is -0.983. The predicted molar refractivity (Wildman–Crippen MR) is 168 cm³/mol. The zero-order chi connectivity index (χ0) is 32.0. The van der Waals surface area contributed by atoms with Gasteiger partial charge in [-0.15, -0.1) is 0 Å². The maximum Gasteiger partial charge on any atom is 0.410 e. The van der Waals surface area contributed by atoms with Gasteiger partial charge in [-0.1, -0.05) is 61.1 Å². The fourth-order valence-electron chi connectivity index (χ4n) is 4.41. The highest BCUT2D eigenvalue weighted by atomic mass is 16.6. The molecular weight excluding hydrogens is 532 g/mol. The molecule has 9 nitrogen and oxygen atoms in total. The van der Waals surface area contributed by atoms with E-state index in [-0.39, 0.29) is 42.9 Å². The second kappa shape index (κ2) is 17.4. The summed E-state index contributed by atoms with van der Waals surface area (Å²) < 4.78 is 5.36. The number of allylic oxidation sites excluding steroid dienone is 3. The molecule has 0 aliphatic heterocycles. The van der Waals surface area contributed by atoms with Crippen LogP contribution in [0.5, 0.6) is 0 Å². The number of nitrogens with one attached hydrogen (secondary N) is 2. The molecule has 1 aromatic rings. The molecule has 1 rings (SSSR count). The second-order valence-electron chi connectivity index (χ2n) is 11.7. The van der Waals surface area contributed by atoms with Crippen LogP contribution in [0.15, 0.2) is 54.1 Å². The molecule has 2 N–H and O–H groups in total. The molecule has 4 amide bonds. The molecule has 0 fully saturated rings. The number of benzene rings is 1. The average molecular weight is 585 g/mol. The van der Waals surface area contributed by atoms with Gasteiger partial charge in [0, 0.05) is 7.05 Å². The Bertz CT molecular complexity index is 1090. The molecular formula is C33H52N4O5. The van der Waals surface area contributed by atoms with Crippen molar-refractivity contribution in [1.29, 1.82) is 0 Å². The van der Waals surface area contributed by atoms with Crippen LogP contribution in [0.25, 0.3) is 0 Å². The number of hydrogen-bond acceptors (Lipinski definition) is 5. The summed E-state index contributed by atoms with van der Waals surface area (Å²) in [5, 5.41) is 5.66.